The Morgan fingerprint density at radius 3 is 0.780 bits per heavy atom. The lowest BCUT2D eigenvalue weighted by Gasteiger charge is -2.28. The number of hydrogen-bond donors (Lipinski definition) is 0. The van der Waals surface area contributed by atoms with Crippen molar-refractivity contribution >= 4 is 55.7 Å². The van der Waals surface area contributed by atoms with E-state index in [4.69, 9.17) is 19.9 Å². The average molecular weight is 1050 g/mol. The number of hydrogen-bond acceptors (Lipinski definition) is 6. The van der Waals surface area contributed by atoms with Gasteiger partial charge in [-0.15, -0.1) is 0 Å². The maximum absolute atomic E-state index is 5.13. The van der Waals surface area contributed by atoms with Crippen molar-refractivity contribution in [2.24, 2.45) is 0 Å². The maximum Gasteiger partial charge on any atom is 0.160 e. The lowest BCUT2D eigenvalue weighted by Crippen LogP contribution is -2.10. The second-order valence-corrected chi connectivity index (χ2v) is 20.2. The smallest absolute Gasteiger partial charge is 0.160 e. The Balaban J connectivity index is 0.800. The molecule has 0 aliphatic carbocycles. The van der Waals surface area contributed by atoms with Crippen molar-refractivity contribution in [1.82, 2.24) is 19.9 Å². The van der Waals surface area contributed by atoms with Gasteiger partial charge in [-0.1, -0.05) is 243 Å². The van der Waals surface area contributed by atoms with Crippen LogP contribution in [0.25, 0.3) is 100 Å². The van der Waals surface area contributed by atoms with E-state index in [9.17, 15) is 0 Å². The first-order chi connectivity index (χ1) is 40.6. The quantitative estimate of drug-likeness (QED) is 0.115. The van der Waals surface area contributed by atoms with Gasteiger partial charge >= 0.3 is 0 Å². The predicted octanol–water partition coefficient (Wildman–Crippen LogP) is 20.2. The summed E-state index contributed by atoms with van der Waals surface area (Å²) >= 11 is 0. The van der Waals surface area contributed by atoms with Gasteiger partial charge in [0.05, 0.1) is 34.2 Å². The number of benzene rings is 12. The van der Waals surface area contributed by atoms with Crippen LogP contribution < -0.4 is 9.80 Å². The van der Waals surface area contributed by atoms with Gasteiger partial charge in [0.15, 0.2) is 11.6 Å². The summed E-state index contributed by atoms with van der Waals surface area (Å²) in [5.74, 6) is 1.38. The molecular weight excluding hydrogens is 997 g/mol. The van der Waals surface area contributed by atoms with Gasteiger partial charge in [0.1, 0.15) is 0 Å². The lowest BCUT2D eigenvalue weighted by molar-refractivity contribution is 1.18. The second-order valence-electron chi connectivity index (χ2n) is 20.2. The first kappa shape index (κ1) is 49.2. The van der Waals surface area contributed by atoms with Crippen LogP contribution in [0.4, 0.5) is 34.1 Å². The van der Waals surface area contributed by atoms with Crippen LogP contribution in [0, 0.1) is 0 Å². The third-order valence-electron chi connectivity index (χ3n) is 15.1. The zero-order valence-electron chi connectivity index (χ0n) is 44.7. The molecule has 0 unspecified atom stereocenters. The van der Waals surface area contributed by atoms with E-state index in [1.165, 1.54) is 21.5 Å². The minimum absolute atomic E-state index is 0.691. The topological polar surface area (TPSA) is 58.0 Å². The molecule has 2 aromatic heterocycles. The molecule has 0 aliphatic heterocycles. The molecule has 0 spiro atoms. The van der Waals surface area contributed by atoms with Crippen LogP contribution >= 0.6 is 0 Å². The Morgan fingerprint density at radius 1 is 0.195 bits per heavy atom. The Morgan fingerprint density at radius 2 is 0.451 bits per heavy atom. The van der Waals surface area contributed by atoms with Crippen molar-refractivity contribution in [3.8, 4) is 78.9 Å². The Labute approximate surface area is 477 Å². The van der Waals surface area contributed by atoms with E-state index < -0.39 is 0 Å². The third kappa shape index (κ3) is 9.93. The van der Waals surface area contributed by atoms with Gasteiger partial charge in [0, 0.05) is 66.9 Å². The van der Waals surface area contributed by atoms with Gasteiger partial charge in [-0.05, 0) is 94.7 Å². The highest BCUT2D eigenvalue weighted by Gasteiger charge is 2.20. The Bertz CT molecular complexity index is 4100. The first-order valence-corrected chi connectivity index (χ1v) is 27.6. The van der Waals surface area contributed by atoms with Crippen molar-refractivity contribution in [1.29, 1.82) is 0 Å². The van der Waals surface area contributed by atoms with Gasteiger partial charge in [0.25, 0.3) is 0 Å². The predicted molar refractivity (Wildman–Crippen MR) is 340 cm³/mol. The number of fused-ring (bicyclic) bond motifs is 2. The summed E-state index contributed by atoms with van der Waals surface area (Å²) in [5, 5.41) is 4.68. The third-order valence-corrected chi connectivity index (χ3v) is 15.1. The van der Waals surface area contributed by atoms with Crippen LogP contribution in [-0.2, 0) is 0 Å². The van der Waals surface area contributed by atoms with Crippen molar-refractivity contribution in [2.45, 2.75) is 0 Å². The van der Waals surface area contributed by atoms with Gasteiger partial charge in [-0.2, -0.15) is 0 Å². The minimum atomic E-state index is 0.691. The molecule has 386 valence electrons. The number of aromatic nitrogens is 4. The van der Waals surface area contributed by atoms with Crippen LogP contribution in [-0.4, -0.2) is 19.9 Å². The number of rotatable bonds is 13. The Hall–Kier alpha value is -11.1. The standard InChI is InChI=1S/C76H52N6/c1-5-21-57(22-6-1)69-51-71(79-75(77-69)61-25-9-3-10-26-61)59-39-47-65(48-40-59)81(73-33-17-29-55-19-13-15-31-67(55)73)63-43-35-53(36-44-63)54-37-45-64(46-38-54)82(74-34-18-30-56-20-14-16-32-68(56)74)66-49-41-60(42-50-66)72-52-70(58-23-7-2-8-24-58)78-76(80-72)62-27-11-4-12-28-62/h1-52H. The molecule has 0 aliphatic rings. The molecule has 14 aromatic rings. The van der Waals surface area contributed by atoms with E-state index in [0.717, 1.165) is 101 Å². The molecule has 82 heavy (non-hydrogen) atoms. The van der Waals surface area contributed by atoms with E-state index in [-0.39, 0.29) is 0 Å². The fourth-order valence-electron chi connectivity index (χ4n) is 11.0. The molecule has 0 fully saturated rings. The van der Waals surface area contributed by atoms with Crippen LogP contribution in [0.5, 0.6) is 0 Å². The summed E-state index contributed by atoms with van der Waals surface area (Å²) < 4.78 is 0. The molecule has 0 radical (unpaired) electrons. The zero-order chi connectivity index (χ0) is 54.6. The van der Waals surface area contributed by atoms with E-state index in [1.54, 1.807) is 0 Å². The summed E-state index contributed by atoms with van der Waals surface area (Å²) in [6.45, 7) is 0. The van der Waals surface area contributed by atoms with E-state index in [1.807, 2.05) is 72.8 Å². The SMILES string of the molecule is c1ccc(-c2cc(-c3ccc(N(c4ccc(-c5ccc(N(c6ccc(-c7cc(-c8ccccc8)nc(-c8ccccc8)n7)cc6)c6cccc7ccccc67)cc5)cc4)c4cccc5ccccc45)cc3)nc(-c3ccccc3)n2)cc1. The van der Waals surface area contributed by atoms with Crippen LogP contribution in [0.1, 0.15) is 0 Å². The average Bonchev–Trinajstić information content (AvgIpc) is 3.60. The minimum Gasteiger partial charge on any atom is -0.310 e. The molecule has 6 heteroatoms. The number of nitrogens with zero attached hydrogens (tertiary/aromatic N) is 6. The van der Waals surface area contributed by atoms with Crippen molar-refractivity contribution in [3.63, 3.8) is 0 Å². The van der Waals surface area contributed by atoms with Crippen LogP contribution in [0.3, 0.4) is 0 Å². The van der Waals surface area contributed by atoms with Gasteiger partial charge in [-0.3, -0.25) is 0 Å². The molecule has 12 aromatic carbocycles. The van der Waals surface area contributed by atoms with Gasteiger partial charge < -0.3 is 9.80 Å². The molecule has 2 heterocycles. The van der Waals surface area contributed by atoms with E-state index >= 15 is 0 Å². The monoisotopic (exact) mass is 1050 g/mol. The Kier molecular flexibility index (Phi) is 13.2. The molecule has 6 nitrogen and oxygen atoms in total. The molecule has 0 bridgehead atoms. The number of anilines is 6. The molecule has 0 saturated carbocycles. The molecule has 0 amide bonds. The molecule has 0 atom stereocenters. The molecule has 0 N–H and O–H groups in total. The maximum atomic E-state index is 5.13. The van der Waals surface area contributed by atoms with Crippen molar-refractivity contribution in [2.75, 3.05) is 9.80 Å². The molecule has 14 rings (SSSR count). The fraction of sp³-hybridized carbons (Fsp3) is 0. The summed E-state index contributed by atoms with van der Waals surface area (Å²) in [6, 6.07) is 111. The summed E-state index contributed by atoms with van der Waals surface area (Å²) in [5.41, 5.74) is 18.1. The van der Waals surface area contributed by atoms with Crippen molar-refractivity contribution in [3.05, 3.63) is 315 Å². The van der Waals surface area contributed by atoms with Gasteiger partial charge in [-0.25, -0.2) is 19.9 Å². The second kappa shape index (κ2) is 22.0. The summed E-state index contributed by atoms with van der Waals surface area (Å²) in [4.78, 5) is 25.0. The zero-order valence-corrected chi connectivity index (χ0v) is 44.7. The highest BCUT2D eigenvalue weighted by Crippen LogP contribution is 2.43. The molecular formula is C76H52N6. The summed E-state index contributed by atoms with van der Waals surface area (Å²) in [7, 11) is 0. The van der Waals surface area contributed by atoms with Crippen LogP contribution in [0.2, 0.25) is 0 Å². The highest BCUT2D eigenvalue weighted by molar-refractivity contribution is 6.00. The summed E-state index contributed by atoms with van der Waals surface area (Å²) in [6.07, 6.45) is 0. The largest absolute Gasteiger partial charge is 0.310 e. The van der Waals surface area contributed by atoms with E-state index in [0.29, 0.717) is 11.6 Å². The highest BCUT2D eigenvalue weighted by atomic mass is 15.1. The van der Waals surface area contributed by atoms with Crippen LogP contribution in [0.15, 0.2) is 315 Å². The van der Waals surface area contributed by atoms with Crippen molar-refractivity contribution < 1.29 is 0 Å². The van der Waals surface area contributed by atoms with Gasteiger partial charge in [0.2, 0.25) is 0 Å². The van der Waals surface area contributed by atoms with E-state index in [2.05, 4.69) is 252 Å². The fourth-order valence-corrected chi connectivity index (χ4v) is 11.0. The normalized spacial score (nSPS) is 11.2. The molecule has 0 saturated heterocycles. The lowest BCUT2D eigenvalue weighted by atomic mass is 10.0. The first-order valence-electron chi connectivity index (χ1n) is 27.6.